The third-order valence-electron chi connectivity index (χ3n) is 4.47. The Morgan fingerprint density at radius 1 is 1.18 bits per heavy atom. The fourth-order valence-electron chi connectivity index (χ4n) is 3.15. The van der Waals surface area contributed by atoms with Crippen LogP contribution in [0, 0.1) is 13.8 Å². The van der Waals surface area contributed by atoms with Crippen molar-refractivity contribution in [2.75, 3.05) is 19.6 Å². The van der Waals surface area contributed by atoms with E-state index in [1.54, 1.807) is 17.5 Å². The van der Waals surface area contributed by atoms with Crippen LogP contribution in [0.4, 0.5) is 0 Å². The number of hydrogen-bond donors (Lipinski definition) is 1. The second-order valence-electron chi connectivity index (χ2n) is 6.25. The van der Waals surface area contributed by atoms with Gasteiger partial charge in [0.15, 0.2) is 5.13 Å². The zero-order chi connectivity index (χ0) is 18.5. The Bertz CT molecular complexity index is 866. The van der Waals surface area contributed by atoms with E-state index in [0.717, 1.165) is 28.5 Å². The predicted molar refractivity (Wildman–Crippen MR) is 121 cm³/mol. The van der Waals surface area contributed by atoms with E-state index in [1.165, 1.54) is 5.56 Å². The number of aryl methyl sites for hydroxylation is 1. The van der Waals surface area contributed by atoms with Crippen LogP contribution in [0.3, 0.4) is 0 Å². The molecule has 5 nitrogen and oxygen atoms in total. The van der Waals surface area contributed by atoms with Gasteiger partial charge in [-0.1, -0.05) is 30.3 Å². The van der Waals surface area contributed by atoms with Gasteiger partial charge in [-0.15, -0.1) is 36.2 Å². The maximum absolute atomic E-state index is 13.2. The second-order valence-corrected chi connectivity index (χ2v) is 7.12. The molecule has 0 bridgehead atoms. The summed E-state index contributed by atoms with van der Waals surface area (Å²) in [7, 11) is 0. The van der Waals surface area contributed by atoms with Crippen LogP contribution in [0.2, 0.25) is 0 Å². The number of amides is 1. The quantitative estimate of drug-likeness (QED) is 0.602. The van der Waals surface area contributed by atoms with Gasteiger partial charge < -0.3 is 10.6 Å². The van der Waals surface area contributed by atoms with Gasteiger partial charge in [0, 0.05) is 42.6 Å². The number of carbonyl (C=O) groups is 1. The van der Waals surface area contributed by atoms with Crippen LogP contribution in [0.5, 0.6) is 0 Å². The number of benzene rings is 1. The van der Waals surface area contributed by atoms with E-state index in [4.69, 9.17) is 5.73 Å². The summed E-state index contributed by atoms with van der Waals surface area (Å²) in [6.07, 6.45) is 2.60. The fraction of sp³-hybridized carbons (Fsp3) is 0.300. The van der Waals surface area contributed by atoms with Crippen LogP contribution in [0.25, 0.3) is 5.13 Å². The van der Waals surface area contributed by atoms with Crippen LogP contribution in [-0.2, 0) is 6.42 Å². The number of carbonyl (C=O) groups excluding carboxylic acids is 1. The van der Waals surface area contributed by atoms with E-state index in [0.29, 0.717) is 19.6 Å². The molecule has 0 radical (unpaired) electrons. The Morgan fingerprint density at radius 3 is 2.50 bits per heavy atom. The molecule has 0 unspecified atom stereocenters. The first-order valence-electron chi connectivity index (χ1n) is 8.74. The molecule has 0 aliphatic rings. The van der Waals surface area contributed by atoms with Gasteiger partial charge in [0.25, 0.3) is 5.91 Å². The van der Waals surface area contributed by atoms with Crippen LogP contribution >= 0.6 is 36.2 Å². The summed E-state index contributed by atoms with van der Waals surface area (Å²) >= 11 is 1.56. The number of nitrogens with two attached hydrogens (primary N) is 1. The lowest BCUT2D eigenvalue weighted by atomic mass is 10.1. The van der Waals surface area contributed by atoms with E-state index >= 15 is 0 Å². The molecule has 0 aliphatic heterocycles. The highest BCUT2D eigenvalue weighted by molar-refractivity contribution is 7.12. The SMILES string of the molecule is Cc1cc(C(=O)N(CCN)CCc2ccccc2)c(C)n1-c1nccs1.Cl.Cl. The Morgan fingerprint density at radius 2 is 1.89 bits per heavy atom. The van der Waals surface area contributed by atoms with Gasteiger partial charge in [0.1, 0.15) is 0 Å². The second kappa shape index (κ2) is 11.2. The summed E-state index contributed by atoms with van der Waals surface area (Å²) in [6, 6.07) is 12.2. The molecule has 2 heterocycles. The van der Waals surface area contributed by atoms with Crippen molar-refractivity contribution in [3.05, 3.63) is 70.5 Å². The van der Waals surface area contributed by atoms with Crippen LogP contribution in [0.15, 0.2) is 48.0 Å². The number of nitrogens with zero attached hydrogens (tertiary/aromatic N) is 3. The Kier molecular flexibility index (Phi) is 9.69. The summed E-state index contributed by atoms with van der Waals surface area (Å²) in [5, 5.41) is 2.82. The average molecular weight is 441 g/mol. The normalized spacial score (nSPS) is 10.1. The molecule has 0 saturated carbocycles. The minimum atomic E-state index is 0. The van der Waals surface area contributed by atoms with Crippen molar-refractivity contribution in [3.63, 3.8) is 0 Å². The zero-order valence-electron chi connectivity index (χ0n) is 16.0. The summed E-state index contributed by atoms with van der Waals surface area (Å²) < 4.78 is 2.04. The number of hydrogen-bond acceptors (Lipinski definition) is 4. The lowest BCUT2D eigenvalue weighted by molar-refractivity contribution is 0.0761. The topological polar surface area (TPSA) is 64.2 Å². The average Bonchev–Trinajstić information content (AvgIpc) is 3.26. The summed E-state index contributed by atoms with van der Waals surface area (Å²) in [6.45, 7) is 5.63. The molecule has 1 amide bonds. The molecular formula is C20H26Cl2N4OS. The Labute approximate surface area is 182 Å². The van der Waals surface area contributed by atoms with Gasteiger partial charge in [-0.3, -0.25) is 9.36 Å². The third kappa shape index (κ3) is 5.35. The van der Waals surface area contributed by atoms with E-state index in [9.17, 15) is 4.79 Å². The largest absolute Gasteiger partial charge is 0.337 e. The Balaban J connectivity index is 0.00000196. The molecule has 28 heavy (non-hydrogen) atoms. The highest BCUT2D eigenvalue weighted by Crippen LogP contribution is 2.23. The molecule has 2 N–H and O–H groups in total. The van der Waals surface area contributed by atoms with Gasteiger partial charge in [-0.2, -0.15) is 0 Å². The van der Waals surface area contributed by atoms with Gasteiger partial charge in [0.2, 0.25) is 0 Å². The van der Waals surface area contributed by atoms with Crippen molar-refractivity contribution in [1.82, 2.24) is 14.5 Å². The van der Waals surface area contributed by atoms with Crippen LogP contribution in [-0.4, -0.2) is 40.0 Å². The first-order valence-corrected chi connectivity index (χ1v) is 9.62. The number of aromatic nitrogens is 2. The molecule has 0 saturated heterocycles. The minimum Gasteiger partial charge on any atom is -0.337 e. The Hall–Kier alpha value is -1.86. The van der Waals surface area contributed by atoms with E-state index < -0.39 is 0 Å². The van der Waals surface area contributed by atoms with Crippen LogP contribution in [0.1, 0.15) is 27.3 Å². The maximum atomic E-state index is 13.2. The van der Waals surface area contributed by atoms with Crippen molar-refractivity contribution >= 4 is 42.1 Å². The van der Waals surface area contributed by atoms with E-state index in [-0.39, 0.29) is 30.7 Å². The maximum Gasteiger partial charge on any atom is 0.255 e. The first kappa shape index (κ1) is 24.2. The lowest BCUT2D eigenvalue weighted by Crippen LogP contribution is -2.37. The van der Waals surface area contributed by atoms with E-state index in [2.05, 4.69) is 17.1 Å². The van der Waals surface area contributed by atoms with Gasteiger partial charge in [-0.25, -0.2) is 4.98 Å². The fourth-order valence-corrected chi connectivity index (χ4v) is 3.90. The molecule has 3 rings (SSSR count). The number of halogens is 2. The van der Waals surface area contributed by atoms with Gasteiger partial charge in [-0.05, 0) is 31.9 Å². The van der Waals surface area contributed by atoms with Gasteiger partial charge >= 0.3 is 0 Å². The molecular weight excluding hydrogens is 415 g/mol. The molecule has 1 aromatic carbocycles. The monoisotopic (exact) mass is 440 g/mol. The first-order chi connectivity index (χ1) is 12.6. The third-order valence-corrected chi connectivity index (χ3v) is 5.23. The van der Waals surface area contributed by atoms with Crippen molar-refractivity contribution in [3.8, 4) is 5.13 Å². The summed E-state index contributed by atoms with van der Waals surface area (Å²) in [5.74, 6) is 0.0299. The number of thiazole rings is 1. The molecule has 0 fully saturated rings. The molecule has 2 aromatic heterocycles. The van der Waals surface area contributed by atoms with Crippen molar-refractivity contribution in [2.45, 2.75) is 20.3 Å². The molecule has 3 aromatic rings. The van der Waals surface area contributed by atoms with Crippen LogP contribution < -0.4 is 5.73 Å². The molecule has 152 valence electrons. The lowest BCUT2D eigenvalue weighted by Gasteiger charge is -2.22. The molecule has 0 atom stereocenters. The highest BCUT2D eigenvalue weighted by Gasteiger charge is 2.22. The van der Waals surface area contributed by atoms with Crippen molar-refractivity contribution in [1.29, 1.82) is 0 Å². The number of rotatable bonds is 7. The highest BCUT2D eigenvalue weighted by atomic mass is 35.5. The molecule has 8 heteroatoms. The van der Waals surface area contributed by atoms with Gasteiger partial charge in [0.05, 0.1) is 5.56 Å². The van der Waals surface area contributed by atoms with Crippen molar-refractivity contribution < 1.29 is 4.79 Å². The molecule has 0 spiro atoms. The predicted octanol–water partition coefficient (Wildman–Crippen LogP) is 4.04. The zero-order valence-corrected chi connectivity index (χ0v) is 18.4. The van der Waals surface area contributed by atoms with Crippen molar-refractivity contribution in [2.24, 2.45) is 5.73 Å². The molecule has 0 aliphatic carbocycles. The summed E-state index contributed by atoms with van der Waals surface area (Å²) in [5.41, 5.74) is 9.63. The smallest absolute Gasteiger partial charge is 0.255 e. The van der Waals surface area contributed by atoms with E-state index in [1.807, 2.05) is 53.0 Å². The minimum absolute atomic E-state index is 0. The summed E-state index contributed by atoms with van der Waals surface area (Å²) in [4.78, 5) is 19.4. The standard InChI is InChI=1S/C20H24N4OS.2ClH/c1-15-14-18(16(2)24(15)20-22-10-13-26-20)19(25)23(12-9-21)11-8-17-6-4-3-5-7-17;;/h3-7,10,13-14H,8-9,11-12,21H2,1-2H3;2*1H.